The Morgan fingerprint density at radius 2 is 2.12 bits per heavy atom. The van der Waals surface area contributed by atoms with Crippen molar-refractivity contribution in [1.29, 1.82) is 0 Å². The van der Waals surface area contributed by atoms with E-state index in [-0.39, 0.29) is 11.9 Å². The summed E-state index contributed by atoms with van der Waals surface area (Å²) in [5, 5.41) is 9.81. The zero-order chi connectivity index (χ0) is 12.3. The fraction of sp³-hybridized carbons (Fsp3) is 0.636. The zero-order valence-electron chi connectivity index (χ0n) is 10.1. The minimum atomic E-state index is -0.0381. The van der Waals surface area contributed by atoms with Gasteiger partial charge in [0, 0.05) is 11.7 Å². The Bertz CT molecular complexity index is 354. The van der Waals surface area contributed by atoms with Gasteiger partial charge in [0.15, 0.2) is 0 Å². The summed E-state index contributed by atoms with van der Waals surface area (Å²) in [6, 6.07) is 0.192. The highest BCUT2D eigenvalue weighted by atomic mass is 127. The van der Waals surface area contributed by atoms with Crippen molar-refractivity contribution in [3.05, 3.63) is 15.0 Å². The molecule has 4 nitrogen and oxygen atoms in total. The number of aromatic amines is 1. The molecular formula is C11H18IN3O. The smallest absolute Gasteiger partial charge is 0.256 e. The molecule has 0 saturated carbocycles. The number of H-pyrrole nitrogens is 1. The number of rotatable bonds is 4. The average molecular weight is 335 g/mol. The Morgan fingerprint density at radius 3 is 2.56 bits per heavy atom. The summed E-state index contributed by atoms with van der Waals surface area (Å²) in [6.45, 7) is 8.18. The molecule has 1 aromatic rings. The van der Waals surface area contributed by atoms with Crippen molar-refractivity contribution in [1.82, 2.24) is 15.5 Å². The van der Waals surface area contributed by atoms with Gasteiger partial charge in [0.05, 0.1) is 5.56 Å². The van der Waals surface area contributed by atoms with Gasteiger partial charge in [0.1, 0.15) is 3.70 Å². The molecule has 0 aliphatic carbocycles. The average Bonchev–Trinajstić information content (AvgIpc) is 2.44. The van der Waals surface area contributed by atoms with Crippen LogP contribution in [0.25, 0.3) is 0 Å². The van der Waals surface area contributed by atoms with E-state index in [1.54, 1.807) is 0 Å². The molecule has 0 aliphatic heterocycles. The molecule has 1 aromatic heterocycles. The Kier molecular flexibility index (Phi) is 4.76. The quantitative estimate of drug-likeness (QED) is 0.831. The zero-order valence-corrected chi connectivity index (χ0v) is 12.3. The third-order valence-electron chi connectivity index (χ3n) is 2.33. The molecule has 1 heterocycles. The van der Waals surface area contributed by atoms with Gasteiger partial charge in [-0.25, -0.2) is 0 Å². The lowest BCUT2D eigenvalue weighted by Gasteiger charge is -2.15. The Morgan fingerprint density at radius 1 is 1.50 bits per heavy atom. The number of halogens is 1. The first kappa shape index (κ1) is 13.5. The molecule has 0 saturated heterocycles. The van der Waals surface area contributed by atoms with Gasteiger partial charge < -0.3 is 5.32 Å². The maximum Gasteiger partial charge on any atom is 0.256 e. The molecule has 0 aliphatic rings. The third kappa shape index (κ3) is 3.47. The molecule has 1 unspecified atom stereocenters. The summed E-state index contributed by atoms with van der Waals surface area (Å²) in [5.74, 6) is 0.545. The van der Waals surface area contributed by atoms with Crippen molar-refractivity contribution in [3.63, 3.8) is 0 Å². The Labute approximate surface area is 110 Å². The number of amides is 1. The van der Waals surface area contributed by atoms with Crippen molar-refractivity contribution >= 4 is 28.5 Å². The fourth-order valence-corrected chi connectivity index (χ4v) is 2.50. The van der Waals surface area contributed by atoms with Crippen molar-refractivity contribution in [2.75, 3.05) is 0 Å². The van der Waals surface area contributed by atoms with E-state index in [4.69, 9.17) is 0 Å². The van der Waals surface area contributed by atoms with Crippen LogP contribution in [0.2, 0.25) is 0 Å². The van der Waals surface area contributed by atoms with Gasteiger partial charge in [-0.3, -0.25) is 9.89 Å². The lowest BCUT2D eigenvalue weighted by molar-refractivity contribution is 0.0934. The van der Waals surface area contributed by atoms with Gasteiger partial charge in [0.2, 0.25) is 0 Å². The minimum Gasteiger partial charge on any atom is -0.349 e. The SMILES string of the molecule is Cc1[nH]nc(I)c1C(=O)NC(C)CC(C)C. The van der Waals surface area contributed by atoms with E-state index in [9.17, 15) is 4.79 Å². The number of hydrogen-bond donors (Lipinski definition) is 2. The molecule has 0 aromatic carbocycles. The van der Waals surface area contributed by atoms with Crippen LogP contribution in [0.4, 0.5) is 0 Å². The largest absolute Gasteiger partial charge is 0.349 e. The van der Waals surface area contributed by atoms with Crippen LogP contribution in [0.1, 0.15) is 43.2 Å². The van der Waals surface area contributed by atoms with E-state index in [2.05, 4.69) is 52.0 Å². The molecule has 16 heavy (non-hydrogen) atoms. The van der Waals surface area contributed by atoms with Crippen molar-refractivity contribution < 1.29 is 4.79 Å². The van der Waals surface area contributed by atoms with Crippen molar-refractivity contribution in [2.24, 2.45) is 5.92 Å². The van der Waals surface area contributed by atoms with Crippen LogP contribution >= 0.6 is 22.6 Å². The number of nitrogens with zero attached hydrogens (tertiary/aromatic N) is 1. The maximum atomic E-state index is 12.0. The number of hydrogen-bond acceptors (Lipinski definition) is 2. The molecule has 0 radical (unpaired) electrons. The second kappa shape index (κ2) is 5.65. The van der Waals surface area contributed by atoms with E-state index >= 15 is 0 Å². The normalized spacial score (nSPS) is 12.9. The van der Waals surface area contributed by atoms with Gasteiger partial charge in [-0.2, -0.15) is 5.10 Å². The summed E-state index contributed by atoms with van der Waals surface area (Å²) in [4.78, 5) is 12.0. The number of carbonyl (C=O) groups is 1. The van der Waals surface area contributed by atoms with Gasteiger partial charge >= 0.3 is 0 Å². The minimum absolute atomic E-state index is 0.0381. The van der Waals surface area contributed by atoms with E-state index in [0.717, 1.165) is 15.8 Å². The first-order valence-corrected chi connectivity index (χ1v) is 6.51. The van der Waals surface area contributed by atoms with E-state index in [0.29, 0.717) is 11.5 Å². The number of aryl methyl sites for hydroxylation is 1. The molecule has 1 amide bonds. The van der Waals surface area contributed by atoms with Gasteiger partial charge in [0.25, 0.3) is 5.91 Å². The predicted molar refractivity (Wildman–Crippen MR) is 72.4 cm³/mol. The van der Waals surface area contributed by atoms with Crippen molar-refractivity contribution in [3.8, 4) is 0 Å². The monoisotopic (exact) mass is 335 g/mol. The van der Waals surface area contributed by atoms with Crippen LogP contribution in [0.5, 0.6) is 0 Å². The van der Waals surface area contributed by atoms with Crippen LogP contribution in [0, 0.1) is 16.5 Å². The Hall–Kier alpha value is -0.590. The number of carbonyl (C=O) groups excluding carboxylic acids is 1. The summed E-state index contributed by atoms with van der Waals surface area (Å²) >= 11 is 2.07. The Balaban J connectivity index is 2.66. The molecule has 5 heteroatoms. The van der Waals surface area contributed by atoms with Crippen LogP contribution in [0.15, 0.2) is 0 Å². The van der Waals surface area contributed by atoms with Crippen LogP contribution < -0.4 is 5.32 Å². The molecular weight excluding hydrogens is 317 g/mol. The highest BCUT2D eigenvalue weighted by molar-refractivity contribution is 14.1. The van der Waals surface area contributed by atoms with Crippen molar-refractivity contribution in [2.45, 2.75) is 40.2 Å². The summed E-state index contributed by atoms with van der Waals surface area (Å²) in [5.41, 5.74) is 1.48. The van der Waals surface area contributed by atoms with Gasteiger partial charge in [-0.1, -0.05) is 13.8 Å². The first-order chi connectivity index (χ1) is 7.41. The van der Waals surface area contributed by atoms with Crippen LogP contribution in [-0.4, -0.2) is 22.1 Å². The first-order valence-electron chi connectivity index (χ1n) is 5.43. The second-order valence-corrected chi connectivity index (χ2v) is 5.54. The summed E-state index contributed by atoms with van der Waals surface area (Å²) in [7, 11) is 0. The predicted octanol–water partition coefficient (Wildman–Crippen LogP) is 2.49. The highest BCUT2D eigenvalue weighted by Crippen LogP contribution is 2.13. The third-order valence-corrected chi connectivity index (χ3v) is 3.11. The van der Waals surface area contributed by atoms with E-state index in [1.807, 2.05) is 13.8 Å². The molecule has 90 valence electrons. The highest BCUT2D eigenvalue weighted by Gasteiger charge is 2.18. The molecule has 0 fully saturated rings. The van der Waals surface area contributed by atoms with E-state index in [1.165, 1.54) is 0 Å². The lowest BCUT2D eigenvalue weighted by atomic mass is 10.1. The van der Waals surface area contributed by atoms with E-state index < -0.39 is 0 Å². The van der Waals surface area contributed by atoms with Gasteiger partial charge in [-0.05, 0) is 48.8 Å². The summed E-state index contributed by atoms with van der Waals surface area (Å²) in [6.07, 6.45) is 0.985. The lowest BCUT2D eigenvalue weighted by Crippen LogP contribution is -2.34. The van der Waals surface area contributed by atoms with Crippen LogP contribution in [-0.2, 0) is 0 Å². The second-order valence-electron chi connectivity index (χ2n) is 4.52. The maximum absolute atomic E-state index is 12.0. The molecule has 0 spiro atoms. The molecule has 1 rings (SSSR count). The molecule has 0 bridgehead atoms. The number of nitrogens with one attached hydrogen (secondary N) is 2. The standard InChI is InChI=1S/C11H18IN3O/c1-6(2)5-7(3)13-11(16)9-8(4)14-15-10(9)12/h6-7H,5H2,1-4H3,(H,13,16)(H,14,15). The van der Waals surface area contributed by atoms with Gasteiger partial charge in [-0.15, -0.1) is 0 Å². The molecule has 2 N–H and O–H groups in total. The fourth-order valence-electron chi connectivity index (χ4n) is 1.73. The van der Waals surface area contributed by atoms with Crippen LogP contribution in [0.3, 0.4) is 0 Å². The number of aromatic nitrogens is 2. The summed E-state index contributed by atoms with van der Waals surface area (Å²) < 4.78 is 0.726. The molecule has 1 atom stereocenters. The topological polar surface area (TPSA) is 57.8 Å².